The fourth-order valence-corrected chi connectivity index (χ4v) is 2.11. The predicted molar refractivity (Wildman–Crippen MR) is 74.0 cm³/mol. The van der Waals surface area contributed by atoms with Gasteiger partial charge in [-0.1, -0.05) is 0 Å². The summed E-state index contributed by atoms with van der Waals surface area (Å²) in [5.41, 5.74) is 5.48. The number of amidine groups is 1. The number of nitrogens with zero attached hydrogens (tertiary/aromatic N) is 4. The molecule has 112 valence electrons. The van der Waals surface area contributed by atoms with Gasteiger partial charge in [-0.25, -0.2) is 0 Å². The number of hydrogen-bond donors (Lipinski definition) is 3. The van der Waals surface area contributed by atoms with Gasteiger partial charge in [0.05, 0.1) is 13.2 Å². The Morgan fingerprint density at radius 3 is 2.70 bits per heavy atom. The highest BCUT2D eigenvalue weighted by molar-refractivity contribution is 8.13. The Labute approximate surface area is 127 Å². The second kappa shape index (κ2) is 8.08. The third-order valence-electron chi connectivity index (χ3n) is 2.44. The van der Waals surface area contributed by atoms with Gasteiger partial charge in [-0.05, 0) is 6.92 Å². The minimum absolute atomic E-state index is 0. The molecule has 0 bridgehead atoms. The Balaban J connectivity index is 0.00000200. The second-order valence-corrected chi connectivity index (χ2v) is 4.92. The van der Waals surface area contributed by atoms with Crippen LogP contribution in [0.2, 0.25) is 0 Å². The van der Waals surface area contributed by atoms with Crippen LogP contribution in [0.25, 0.3) is 0 Å². The average Bonchev–Trinajstić information content (AvgIpc) is 2.39. The first-order valence-electron chi connectivity index (χ1n) is 6.07. The second-order valence-electron chi connectivity index (χ2n) is 3.88. The number of ether oxygens (including phenoxy) is 1. The zero-order valence-electron chi connectivity index (χ0n) is 11.2. The number of thioether (sulfide) groups is 1. The first-order chi connectivity index (χ1) is 9.19. The summed E-state index contributed by atoms with van der Waals surface area (Å²) in [5.74, 6) is 1.15. The molecule has 0 spiro atoms. The van der Waals surface area contributed by atoms with Crippen molar-refractivity contribution < 1.29 is 22.6 Å². The van der Waals surface area contributed by atoms with Crippen LogP contribution in [-0.2, 0) is 4.74 Å². The molecule has 1 saturated heterocycles. The van der Waals surface area contributed by atoms with Crippen LogP contribution in [0.15, 0.2) is 5.16 Å². The molecular weight excluding hydrogens is 302 g/mol. The van der Waals surface area contributed by atoms with E-state index in [-0.39, 0.29) is 17.6 Å². The van der Waals surface area contributed by atoms with E-state index in [4.69, 9.17) is 15.9 Å². The van der Waals surface area contributed by atoms with Crippen LogP contribution in [0.4, 0.5) is 11.9 Å². The molecule has 1 aromatic heterocycles. The molecule has 1 aliphatic rings. The van der Waals surface area contributed by atoms with E-state index in [0.29, 0.717) is 30.3 Å². The molecular formula is C10H18ClN7OS. The minimum Gasteiger partial charge on any atom is -1.00 e. The SMILES string of the molecule is CCNc1nc(SC(N)=[NH2+])nc(N2CCOCC2)n1.[Cl-]. The van der Waals surface area contributed by atoms with Crippen LogP contribution < -0.4 is 33.8 Å². The summed E-state index contributed by atoms with van der Waals surface area (Å²) in [7, 11) is 0. The molecule has 20 heavy (non-hydrogen) atoms. The van der Waals surface area contributed by atoms with Gasteiger partial charge in [0.15, 0.2) is 0 Å². The standard InChI is InChI=1S/C10H17N7OS.ClH/c1-2-13-8-14-9(17-3-5-18-6-4-17)16-10(15-8)19-7(11)12;/h2-6H2,1H3,(H3,11,12)(H,13,14,15,16);1H. The van der Waals surface area contributed by atoms with E-state index in [1.165, 1.54) is 0 Å². The number of hydrogen-bond acceptors (Lipinski definition) is 7. The van der Waals surface area contributed by atoms with Crippen molar-refractivity contribution in [2.24, 2.45) is 5.73 Å². The Morgan fingerprint density at radius 1 is 1.40 bits per heavy atom. The molecule has 0 aromatic carbocycles. The summed E-state index contributed by atoms with van der Waals surface area (Å²) in [6.45, 7) is 5.60. The quantitative estimate of drug-likeness (QED) is 0.288. The van der Waals surface area contributed by atoms with Crippen LogP contribution >= 0.6 is 11.8 Å². The van der Waals surface area contributed by atoms with Gasteiger partial charge in [0.25, 0.3) is 0 Å². The van der Waals surface area contributed by atoms with Gasteiger partial charge in [0, 0.05) is 31.4 Å². The third kappa shape index (κ3) is 4.66. The Hall–Kier alpha value is -1.32. The van der Waals surface area contributed by atoms with Crippen LogP contribution in [0.1, 0.15) is 6.92 Å². The lowest BCUT2D eigenvalue weighted by Gasteiger charge is -2.26. The summed E-state index contributed by atoms with van der Waals surface area (Å²) in [4.78, 5) is 15.1. The molecule has 2 rings (SSSR count). The summed E-state index contributed by atoms with van der Waals surface area (Å²) >= 11 is 1.13. The van der Waals surface area contributed by atoms with Crippen LogP contribution in [0, 0.1) is 0 Å². The van der Waals surface area contributed by atoms with Crippen molar-refractivity contribution >= 4 is 28.8 Å². The van der Waals surface area contributed by atoms with Crippen LogP contribution in [-0.4, -0.2) is 53.0 Å². The molecule has 1 aliphatic heterocycles. The van der Waals surface area contributed by atoms with E-state index < -0.39 is 0 Å². The minimum atomic E-state index is 0. The van der Waals surface area contributed by atoms with Crippen molar-refractivity contribution in [1.29, 1.82) is 0 Å². The highest BCUT2D eigenvalue weighted by Crippen LogP contribution is 2.18. The number of nitrogens with one attached hydrogen (secondary N) is 1. The van der Waals surface area contributed by atoms with E-state index in [2.05, 4.69) is 25.2 Å². The van der Waals surface area contributed by atoms with E-state index in [9.17, 15) is 0 Å². The van der Waals surface area contributed by atoms with E-state index in [1.807, 2.05) is 6.92 Å². The maximum Gasteiger partial charge on any atom is 0.307 e. The van der Waals surface area contributed by atoms with E-state index >= 15 is 0 Å². The average molecular weight is 320 g/mol. The van der Waals surface area contributed by atoms with Crippen molar-refractivity contribution in [2.45, 2.75) is 12.1 Å². The number of morpholine rings is 1. The molecule has 0 radical (unpaired) electrons. The van der Waals surface area contributed by atoms with Crippen molar-refractivity contribution in [3.05, 3.63) is 0 Å². The first-order valence-corrected chi connectivity index (χ1v) is 6.89. The Kier molecular flexibility index (Phi) is 6.76. The molecule has 1 fully saturated rings. The highest BCUT2D eigenvalue weighted by atomic mass is 35.5. The smallest absolute Gasteiger partial charge is 0.307 e. The van der Waals surface area contributed by atoms with E-state index in [0.717, 1.165) is 31.4 Å². The topological polar surface area (TPSA) is 115 Å². The Morgan fingerprint density at radius 2 is 2.10 bits per heavy atom. The van der Waals surface area contributed by atoms with Crippen molar-refractivity contribution in [1.82, 2.24) is 15.0 Å². The van der Waals surface area contributed by atoms with Gasteiger partial charge < -0.3 is 27.4 Å². The largest absolute Gasteiger partial charge is 1.00 e. The van der Waals surface area contributed by atoms with Crippen LogP contribution in [0.3, 0.4) is 0 Å². The molecule has 0 atom stereocenters. The molecule has 5 N–H and O–H groups in total. The number of anilines is 2. The van der Waals surface area contributed by atoms with Gasteiger partial charge in [-0.2, -0.15) is 15.0 Å². The molecule has 0 aliphatic carbocycles. The number of nitrogens with two attached hydrogens (primary N) is 2. The van der Waals surface area contributed by atoms with Crippen molar-refractivity contribution in [2.75, 3.05) is 43.1 Å². The zero-order valence-corrected chi connectivity index (χ0v) is 12.7. The van der Waals surface area contributed by atoms with E-state index in [1.54, 1.807) is 0 Å². The lowest BCUT2D eigenvalue weighted by atomic mass is 10.4. The summed E-state index contributed by atoms with van der Waals surface area (Å²) in [6.07, 6.45) is 0. The van der Waals surface area contributed by atoms with Gasteiger partial charge in [0.1, 0.15) is 0 Å². The predicted octanol–water partition coefficient (Wildman–Crippen LogP) is -4.69. The number of aromatic nitrogens is 3. The molecule has 0 unspecified atom stereocenters. The lowest BCUT2D eigenvalue weighted by Crippen LogP contribution is -3.00. The first kappa shape index (κ1) is 16.7. The monoisotopic (exact) mass is 319 g/mol. The molecule has 1 aromatic rings. The summed E-state index contributed by atoms with van der Waals surface area (Å²) < 4.78 is 5.32. The van der Waals surface area contributed by atoms with Gasteiger partial charge in [-0.3, -0.25) is 11.1 Å². The fourth-order valence-electron chi connectivity index (χ4n) is 1.64. The molecule has 8 nitrogen and oxygen atoms in total. The Bertz CT molecular complexity index is 455. The normalized spacial score (nSPS) is 14.6. The van der Waals surface area contributed by atoms with Gasteiger partial charge in [-0.15, -0.1) is 0 Å². The third-order valence-corrected chi connectivity index (χ3v) is 3.04. The van der Waals surface area contributed by atoms with Crippen molar-refractivity contribution in [3.8, 4) is 0 Å². The van der Waals surface area contributed by atoms with Crippen LogP contribution in [0.5, 0.6) is 0 Å². The fraction of sp³-hybridized carbons (Fsp3) is 0.600. The lowest BCUT2D eigenvalue weighted by molar-refractivity contribution is -0.110. The maximum atomic E-state index is 5.48. The summed E-state index contributed by atoms with van der Waals surface area (Å²) in [5, 5.41) is 9.26. The molecule has 10 heteroatoms. The number of rotatable bonds is 4. The van der Waals surface area contributed by atoms with Gasteiger partial charge >= 0.3 is 5.17 Å². The molecule has 2 heterocycles. The summed E-state index contributed by atoms with van der Waals surface area (Å²) in [6, 6.07) is 0. The van der Waals surface area contributed by atoms with Crippen molar-refractivity contribution in [3.63, 3.8) is 0 Å². The highest BCUT2D eigenvalue weighted by Gasteiger charge is 2.17. The maximum absolute atomic E-state index is 5.48. The molecule has 0 saturated carbocycles. The number of halogens is 1. The molecule has 0 amide bonds. The van der Waals surface area contributed by atoms with Gasteiger partial charge in [0.2, 0.25) is 17.1 Å². The zero-order chi connectivity index (χ0) is 13.7.